The zero-order chi connectivity index (χ0) is 12.4. The fourth-order valence-electron chi connectivity index (χ4n) is 1.87. The normalized spacial score (nSPS) is 25.9. The number of likely N-dealkylation sites (tertiary alicyclic amines) is 1. The van der Waals surface area contributed by atoms with E-state index in [0.717, 1.165) is 5.56 Å². The van der Waals surface area contributed by atoms with Gasteiger partial charge in [-0.05, 0) is 5.56 Å². The maximum Gasteiger partial charge on any atom is 0.245 e. The van der Waals surface area contributed by atoms with Gasteiger partial charge in [0.15, 0.2) is 0 Å². The van der Waals surface area contributed by atoms with E-state index in [1.165, 1.54) is 4.90 Å². The van der Waals surface area contributed by atoms with E-state index in [1.807, 2.05) is 18.2 Å². The molecule has 0 saturated carbocycles. The summed E-state index contributed by atoms with van der Waals surface area (Å²) < 4.78 is 0. The molecule has 5 heteroatoms. The number of halogens is 1. The first-order valence-corrected chi connectivity index (χ1v) is 5.87. The largest absolute Gasteiger partial charge is 0.388 e. The van der Waals surface area contributed by atoms with Crippen LogP contribution in [-0.2, 0) is 4.79 Å². The molecule has 2 N–H and O–H groups in total. The maximum atomic E-state index is 12.0. The summed E-state index contributed by atoms with van der Waals surface area (Å²) in [6, 6.07) is 9.02. The van der Waals surface area contributed by atoms with Crippen LogP contribution in [0.5, 0.6) is 0 Å². The van der Waals surface area contributed by atoms with Gasteiger partial charge in [-0.25, -0.2) is 0 Å². The zero-order valence-electron chi connectivity index (χ0n) is 9.16. The Morgan fingerprint density at radius 2 is 1.76 bits per heavy atom. The van der Waals surface area contributed by atoms with Crippen molar-refractivity contribution in [3.63, 3.8) is 0 Å². The monoisotopic (exact) mass is 255 g/mol. The van der Waals surface area contributed by atoms with Crippen LogP contribution in [0.2, 0.25) is 0 Å². The van der Waals surface area contributed by atoms with E-state index in [4.69, 9.17) is 11.6 Å². The zero-order valence-corrected chi connectivity index (χ0v) is 9.92. The van der Waals surface area contributed by atoms with Crippen molar-refractivity contribution < 1.29 is 15.0 Å². The molecule has 1 aliphatic heterocycles. The number of hydrogen-bond donors (Lipinski definition) is 2. The van der Waals surface area contributed by atoms with E-state index in [1.54, 1.807) is 12.1 Å². The number of rotatable bonds is 2. The van der Waals surface area contributed by atoms with Crippen LogP contribution >= 0.6 is 11.6 Å². The van der Waals surface area contributed by atoms with E-state index in [9.17, 15) is 15.0 Å². The van der Waals surface area contributed by atoms with Crippen LogP contribution in [0.3, 0.4) is 0 Å². The van der Waals surface area contributed by atoms with Gasteiger partial charge < -0.3 is 15.1 Å². The van der Waals surface area contributed by atoms with E-state index >= 15 is 0 Å². The predicted molar refractivity (Wildman–Crippen MR) is 63.6 cm³/mol. The van der Waals surface area contributed by atoms with Gasteiger partial charge in [-0.3, -0.25) is 4.79 Å². The Hall–Kier alpha value is -1.10. The lowest BCUT2D eigenvalue weighted by atomic mass is 10.1. The molecule has 1 heterocycles. The molecule has 4 nitrogen and oxygen atoms in total. The third-order valence-electron chi connectivity index (χ3n) is 2.88. The average Bonchev–Trinajstić information content (AvgIpc) is 2.69. The fourth-order valence-corrected chi connectivity index (χ4v) is 2.16. The second kappa shape index (κ2) is 5.04. The Morgan fingerprint density at radius 3 is 2.29 bits per heavy atom. The van der Waals surface area contributed by atoms with Gasteiger partial charge in [-0.1, -0.05) is 30.3 Å². The Balaban J connectivity index is 2.06. The SMILES string of the molecule is O=C(C(Cl)c1ccccc1)N1C[C@@H](O)[C@@H](O)C1. The predicted octanol–water partition coefficient (Wildman–Crippen LogP) is 0.530. The number of alkyl halides is 1. The molecule has 1 saturated heterocycles. The summed E-state index contributed by atoms with van der Waals surface area (Å²) in [5, 5.41) is 18.0. The van der Waals surface area contributed by atoms with Crippen LogP contribution in [-0.4, -0.2) is 46.3 Å². The van der Waals surface area contributed by atoms with Gasteiger partial charge in [-0.15, -0.1) is 11.6 Å². The first-order valence-electron chi connectivity index (χ1n) is 5.43. The molecule has 0 aliphatic carbocycles. The number of aliphatic hydroxyl groups excluding tert-OH is 2. The second-order valence-electron chi connectivity index (χ2n) is 4.15. The number of hydrogen-bond acceptors (Lipinski definition) is 3. The lowest BCUT2D eigenvalue weighted by Crippen LogP contribution is -2.32. The number of benzene rings is 1. The van der Waals surface area contributed by atoms with Gasteiger partial charge in [0.05, 0.1) is 12.2 Å². The average molecular weight is 256 g/mol. The second-order valence-corrected chi connectivity index (χ2v) is 4.59. The number of nitrogens with zero attached hydrogens (tertiary/aromatic N) is 1. The number of aliphatic hydroxyl groups is 2. The van der Waals surface area contributed by atoms with Gasteiger partial charge in [0.2, 0.25) is 5.91 Å². The van der Waals surface area contributed by atoms with Gasteiger partial charge >= 0.3 is 0 Å². The van der Waals surface area contributed by atoms with Gasteiger partial charge in [0.1, 0.15) is 5.38 Å². The highest BCUT2D eigenvalue weighted by molar-refractivity contribution is 6.30. The van der Waals surface area contributed by atoms with Crippen molar-refractivity contribution in [1.82, 2.24) is 4.90 Å². The number of amides is 1. The third-order valence-corrected chi connectivity index (χ3v) is 3.32. The van der Waals surface area contributed by atoms with E-state index < -0.39 is 17.6 Å². The molecule has 1 fully saturated rings. The Labute approximate surface area is 104 Å². The minimum Gasteiger partial charge on any atom is -0.388 e. The quantitative estimate of drug-likeness (QED) is 0.758. The molecule has 1 aromatic carbocycles. The van der Waals surface area contributed by atoms with Crippen molar-refractivity contribution in [3.05, 3.63) is 35.9 Å². The lowest BCUT2D eigenvalue weighted by Gasteiger charge is -2.19. The van der Waals surface area contributed by atoms with E-state index in [0.29, 0.717) is 0 Å². The topological polar surface area (TPSA) is 60.8 Å². The molecule has 1 unspecified atom stereocenters. The molecule has 0 bridgehead atoms. The van der Waals surface area contributed by atoms with Gasteiger partial charge in [-0.2, -0.15) is 0 Å². The van der Waals surface area contributed by atoms with Crippen molar-refractivity contribution in [1.29, 1.82) is 0 Å². The molecular weight excluding hydrogens is 242 g/mol. The third kappa shape index (κ3) is 2.60. The van der Waals surface area contributed by atoms with E-state index in [-0.39, 0.29) is 19.0 Å². The molecule has 17 heavy (non-hydrogen) atoms. The van der Waals surface area contributed by atoms with Crippen molar-refractivity contribution in [2.75, 3.05) is 13.1 Å². The highest BCUT2D eigenvalue weighted by atomic mass is 35.5. The molecule has 0 spiro atoms. The molecule has 1 aliphatic rings. The number of carbonyl (C=O) groups excluding carboxylic acids is 1. The minimum atomic E-state index is -0.876. The fraction of sp³-hybridized carbons (Fsp3) is 0.417. The summed E-state index contributed by atoms with van der Waals surface area (Å²) >= 11 is 6.08. The summed E-state index contributed by atoms with van der Waals surface area (Å²) in [4.78, 5) is 13.4. The van der Waals surface area contributed by atoms with Crippen LogP contribution in [0, 0.1) is 0 Å². The highest BCUT2D eigenvalue weighted by Gasteiger charge is 2.35. The van der Waals surface area contributed by atoms with E-state index in [2.05, 4.69) is 0 Å². The molecule has 1 amide bonds. The van der Waals surface area contributed by atoms with Gasteiger partial charge in [0.25, 0.3) is 0 Å². The molecular formula is C12H14ClNO3. The molecule has 92 valence electrons. The minimum absolute atomic E-state index is 0.135. The maximum absolute atomic E-state index is 12.0. The van der Waals surface area contributed by atoms with Crippen molar-refractivity contribution in [3.8, 4) is 0 Å². The Morgan fingerprint density at radius 1 is 1.24 bits per heavy atom. The van der Waals surface area contributed by atoms with Crippen LogP contribution in [0.1, 0.15) is 10.9 Å². The summed E-state index contributed by atoms with van der Waals surface area (Å²) in [5.41, 5.74) is 0.718. The number of β-amino-alcohol motifs (C(OH)–C–C–N with tert-alkyl or cyclic N) is 2. The first-order chi connectivity index (χ1) is 8.09. The standard InChI is InChI=1S/C12H14ClNO3/c13-11(8-4-2-1-3-5-8)12(17)14-6-9(15)10(16)7-14/h1-5,9-11,15-16H,6-7H2/t9-,10+,11?. The van der Waals surface area contributed by atoms with Gasteiger partial charge in [0, 0.05) is 13.1 Å². The molecule has 0 radical (unpaired) electrons. The Bertz CT molecular complexity index is 388. The summed E-state index contributed by atoms with van der Waals surface area (Å²) in [7, 11) is 0. The van der Waals surface area contributed by atoms with Crippen LogP contribution in [0.25, 0.3) is 0 Å². The highest BCUT2D eigenvalue weighted by Crippen LogP contribution is 2.24. The molecule has 3 atom stereocenters. The Kier molecular flexibility index (Phi) is 3.66. The first kappa shape index (κ1) is 12.4. The molecule has 1 aromatic rings. The molecule has 0 aromatic heterocycles. The summed E-state index contributed by atoms with van der Waals surface area (Å²) in [5.74, 6) is -0.284. The molecule has 2 rings (SSSR count). The van der Waals surface area contributed by atoms with Crippen LogP contribution < -0.4 is 0 Å². The number of carbonyl (C=O) groups is 1. The smallest absolute Gasteiger partial charge is 0.245 e. The van der Waals surface area contributed by atoms with Crippen LogP contribution in [0.15, 0.2) is 30.3 Å². The van der Waals surface area contributed by atoms with Crippen molar-refractivity contribution in [2.45, 2.75) is 17.6 Å². The lowest BCUT2D eigenvalue weighted by molar-refractivity contribution is -0.130. The summed E-state index contributed by atoms with van der Waals surface area (Å²) in [6.07, 6.45) is -1.75. The van der Waals surface area contributed by atoms with Crippen molar-refractivity contribution in [2.24, 2.45) is 0 Å². The van der Waals surface area contributed by atoms with Crippen molar-refractivity contribution >= 4 is 17.5 Å². The van der Waals surface area contributed by atoms with Crippen LogP contribution in [0.4, 0.5) is 0 Å². The summed E-state index contributed by atoms with van der Waals surface area (Å²) in [6.45, 7) is 0.270.